The molecule has 0 fully saturated rings. The van der Waals surface area contributed by atoms with Gasteiger partial charge in [0.15, 0.2) is 0 Å². The Labute approximate surface area is 126 Å². The van der Waals surface area contributed by atoms with E-state index in [1.54, 1.807) is 43.3 Å². The van der Waals surface area contributed by atoms with Crippen molar-refractivity contribution >= 4 is 17.7 Å². The zero-order chi connectivity index (χ0) is 15.4. The van der Waals surface area contributed by atoms with Gasteiger partial charge in [0, 0.05) is 10.6 Å². The molecule has 0 spiro atoms. The van der Waals surface area contributed by atoms with Crippen LogP contribution in [0.1, 0.15) is 27.0 Å². The molecule has 0 saturated carbocycles. The quantitative estimate of drug-likeness (QED) is 0.867. The van der Waals surface area contributed by atoms with Crippen LogP contribution in [-0.4, -0.2) is 11.1 Å². The molecular formula is C16H12FNO2S. The van der Waals surface area contributed by atoms with Crippen LogP contribution in [0, 0.1) is 24.1 Å². The molecule has 2 aromatic rings. The summed E-state index contributed by atoms with van der Waals surface area (Å²) in [5, 5.41) is 17.9. The van der Waals surface area contributed by atoms with E-state index >= 15 is 0 Å². The number of thioether (sulfide) groups is 1. The maximum Gasteiger partial charge on any atom is 0.335 e. The molecule has 5 heteroatoms. The minimum atomic E-state index is -0.979. The molecule has 0 heterocycles. The first-order chi connectivity index (χ1) is 10.0. The largest absolute Gasteiger partial charge is 0.478 e. The van der Waals surface area contributed by atoms with E-state index in [0.717, 1.165) is 4.90 Å². The zero-order valence-electron chi connectivity index (χ0n) is 11.3. The Morgan fingerprint density at radius 1 is 1.38 bits per heavy atom. The molecule has 3 nitrogen and oxygen atoms in total. The molecule has 106 valence electrons. The number of benzene rings is 2. The molecular weight excluding hydrogens is 289 g/mol. The SMILES string of the molecule is Cc1ccc(SCc2cccc(C#N)c2F)cc1C(=O)O. The highest BCUT2D eigenvalue weighted by molar-refractivity contribution is 7.98. The maximum atomic E-state index is 13.9. The summed E-state index contributed by atoms with van der Waals surface area (Å²) in [5.41, 5.74) is 1.37. The lowest BCUT2D eigenvalue weighted by atomic mass is 10.1. The smallest absolute Gasteiger partial charge is 0.335 e. The average molecular weight is 301 g/mol. The summed E-state index contributed by atoms with van der Waals surface area (Å²) >= 11 is 1.33. The predicted molar refractivity (Wildman–Crippen MR) is 78.8 cm³/mol. The van der Waals surface area contributed by atoms with Crippen molar-refractivity contribution in [3.63, 3.8) is 0 Å². The summed E-state index contributed by atoms with van der Waals surface area (Å²) in [5.74, 6) is -1.16. The highest BCUT2D eigenvalue weighted by Gasteiger charge is 2.10. The molecule has 0 bridgehead atoms. The summed E-state index contributed by atoms with van der Waals surface area (Å²) in [4.78, 5) is 11.8. The van der Waals surface area contributed by atoms with Crippen LogP contribution >= 0.6 is 11.8 Å². The first-order valence-corrected chi connectivity index (χ1v) is 7.15. The zero-order valence-corrected chi connectivity index (χ0v) is 12.1. The van der Waals surface area contributed by atoms with Crippen molar-refractivity contribution in [3.8, 4) is 6.07 Å². The summed E-state index contributed by atoms with van der Waals surface area (Å²) in [6, 6.07) is 11.6. The molecule has 0 saturated heterocycles. The Hall–Kier alpha value is -2.32. The minimum absolute atomic E-state index is 0.0169. The molecule has 0 unspecified atom stereocenters. The van der Waals surface area contributed by atoms with Crippen molar-refractivity contribution in [1.29, 1.82) is 5.26 Å². The van der Waals surface area contributed by atoms with Gasteiger partial charge in [-0.25, -0.2) is 9.18 Å². The van der Waals surface area contributed by atoms with Gasteiger partial charge in [-0.2, -0.15) is 5.26 Å². The molecule has 0 amide bonds. The number of carboxylic acids is 1. The highest BCUT2D eigenvalue weighted by Crippen LogP contribution is 2.26. The molecule has 0 aliphatic carbocycles. The second-order valence-electron chi connectivity index (χ2n) is 4.46. The molecule has 0 aliphatic rings. The van der Waals surface area contributed by atoms with E-state index in [4.69, 9.17) is 10.4 Å². The summed E-state index contributed by atoms with van der Waals surface area (Å²) in [7, 11) is 0. The van der Waals surface area contributed by atoms with E-state index in [0.29, 0.717) is 16.9 Å². The van der Waals surface area contributed by atoms with Crippen molar-refractivity contribution in [1.82, 2.24) is 0 Å². The number of nitrogens with zero attached hydrogens (tertiary/aromatic N) is 1. The van der Waals surface area contributed by atoms with Gasteiger partial charge in [0.05, 0.1) is 11.1 Å². The number of aryl methyl sites for hydroxylation is 1. The van der Waals surface area contributed by atoms with Gasteiger partial charge >= 0.3 is 5.97 Å². The molecule has 0 radical (unpaired) electrons. The molecule has 0 atom stereocenters. The van der Waals surface area contributed by atoms with Gasteiger partial charge in [-0.05, 0) is 36.2 Å². The highest BCUT2D eigenvalue weighted by atomic mass is 32.2. The van der Waals surface area contributed by atoms with Gasteiger partial charge in [0.1, 0.15) is 11.9 Å². The number of rotatable bonds is 4. The Morgan fingerprint density at radius 2 is 2.14 bits per heavy atom. The second-order valence-corrected chi connectivity index (χ2v) is 5.51. The van der Waals surface area contributed by atoms with Crippen LogP contribution in [0.15, 0.2) is 41.3 Å². The molecule has 2 rings (SSSR count). The minimum Gasteiger partial charge on any atom is -0.478 e. The van der Waals surface area contributed by atoms with E-state index in [-0.39, 0.29) is 11.1 Å². The van der Waals surface area contributed by atoms with Crippen molar-refractivity contribution in [2.75, 3.05) is 0 Å². The topological polar surface area (TPSA) is 61.1 Å². The Morgan fingerprint density at radius 3 is 2.81 bits per heavy atom. The van der Waals surface area contributed by atoms with Crippen LogP contribution in [0.4, 0.5) is 4.39 Å². The summed E-state index contributed by atoms with van der Waals surface area (Å²) in [6.07, 6.45) is 0. The van der Waals surface area contributed by atoms with Gasteiger partial charge in [-0.3, -0.25) is 0 Å². The fourth-order valence-corrected chi connectivity index (χ4v) is 2.77. The van der Waals surface area contributed by atoms with Gasteiger partial charge in [0.2, 0.25) is 0 Å². The van der Waals surface area contributed by atoms with Crippen molar-refractivity contribution in [2.45, 2.75) is 17.6 Å². The number of carboxylic acid groups (broad SMARTS) is 1. The van der Waals surface area contributed by atoms with Crippen LogP contribution in [0.25, 0.3) is 0 Å². The predicted octanol–water partition coefficient (Wildman–Crippen LogP) is 4.00. The molecule has 1 N–H and O–H groups in total. The van der Waals surface area contributed by atoms with Crippen molar-refractivity contribution in [3.05, 3.63) is 64.5 Å². The standard InChI is InChI=1S/C16H12FNO2S/c1-10-5-6-13(7-14(10)16(19)20)21-9-12-4-2-3-11(8-18)15(12)17/h2-7H,9H2,1H3,(H,19,20). The number of hydrogen-bond acceptors (Lipinski definition) is 3. The lowest BCUT2D eigenvalue weighted by Gasteiger charge is -2.07. The van der Waals surface area contributed by atoms with Gasteiger partial charge < -0.3 is 5.11 Å². The molecule has 0 aromatic heterocycles. The van der Waals surface area contributed by atoms with Crippen LogP contribution in [0.2, 0.25) is 0 Å². The summed E-state index contributed by atoms with van der Waals surface area (Å²) < 4.78 is 13.9. The number of hydrogen-bond donors (Lipinski definition) is 1. The van der Waals surface area contributed by atoms with E-state index in [9.17, 15) is 9.18 Å². The number of aromatic carboxylic acids is 1. The first-order valence-electron chi connectivity index (χ1n) is 6.17. The average Bonchev–Trinajstić information content (AvgIpc) is 2.47. The van der Waals surface area contributed by atoms with Gasteiger partial charge in [-0.1, -0.05) is 18.2 Å². The Bertz CT molecular complexity index is 738. The van der Waals surface area contributed by atoms with Crippen LogP contribution in [-0.2, 0) is 5.75 Å². The maximum absolute atomic E-state index is 13.9. The normalized spacial score (nSPS) is 10.1. The fourth-order valence-electron chi connectivity index (χ4n) is 1.86. The number of halogens is 1. The van der Waals surface area contributed by atoms with Gasteiger partial charge in [-0.15, -0.1) is 11.8 Å². The van der Waals surface area contributed by atoms with Crippen molar-refractivity contribution < 1.29 is 14.3 Å². The van der Waals surface area contributed by atoms with Crippen LogP contribution in [0.5, 0.6) is 0 Å². The third kappa shape index (κ3) is 3.41. The van der Waals surface area contributed by atoms with E-state index < -0.39 is 11.8 Å². The first kappa shape index (κ1) is 15.1. The van der Waals surface area contributed by atoms with E-state index in [2.05, 4.69) is 0 Å². The van der Waals surface area contributed by atoms with Crippen molar-refractivity contribution in [2.24, 2.45) is 0 Å². The lowest BCUT2D eigenvalue weighted by Crippen LogP contribution is -1.99. The molecule has 2 aromatic carbocycles. The van der Waals surface area contributed by atoms with E-state index in [1.165, 1.54) is 17.8 Å². The van der Waals surface area contributed by atoms with Crippen LogP contribution in [0.3, 0.4) is 0 Å². The second kappa shape index (κ2) is 6.42. The molecule has 0 aliphatic heterocycles. The van der Waals surface area contributed by atoms with Gasteiger partial charge in [0.25, 0.3) is 0 Å². The third-order valence-electron chi connectivity index (χ3n) is 3.03. The molecule has 21 heavy (non-hydrogen) atoms. The lowest BCUT2D eigenvalue weighted by molar-refractivity contribution is 0.0696. The third-order valence-corrected chi connectivity index (χ3v) is 4.08. The Kier molecular flexibility index (Phi) is 4.61. The van der Waals surface area contributed by atoms with Crippen LogP contribution < -0.4 is 0 Å². The fraction of sp³-hybridized carbons (Fsp3) is 0.125. The number of carbonyl (C=O) groups is 1. The summed E-state index contributed by atoms with van der Waals surface area (Å²) in [6.45, 7) is 1.73. The Balaban J connectivity index is 2.20. The number of nitriles is 1. The monoisotopic (exact) mass is 301 g/mol. The van der Waals surface area contributed by atoms with E-state index in [1.807, 2.05) is 0 Å².